The molecule has 0 spiro atoms. The summed E-state index contributed by atoms with van der Waals surface area (Å²) in [7, 11) is 5.00. The maximum atomic E-state index is 13.1. The second-order valence-electron chi connectivity index (χ2n) is 12.5. The van der Waals surface area contributed by atoms with Crippen LogP contribution in [0.3, 0.4) is 0 Å². The summed E-state index contributed by atoms with van der Waals surface area (Å²) in [5.41, 5.74) is 4.92. The van der Waals surface area contributed by atoms with Gasteiger partial charge in [-0.25, -0.2) is 9.78 Å². The van der Waals surface area contributed by atoms with Gasteiger partial charge in [0.15, 0.2) is 0 Å². The molecule has 0 saturated carbocycles. The number of aromatic nitrogens is 2. The molecule has 48 heavy (non-hydrogen) atoms. The topological polar surface area (TPSA) is 97.0 Å². The zero-order valence-corrected chi connectivity index (χ0v) is 29.7. The number of allylic oxidation sites excluding steroid dienone is 1. The van der Waals surface area contributed by atoms with Gasteiger partial charge in [-0.15, -0.1) is 0 Å². The van der Waals surface area contributed by atoms with Crippen LogP contribution in [-0.2, 0) is 9.53 Å². The smallest absolute Gasteiger partial charge is 0.410 e. The molecule has 1 unspecified atom stereocenters. The fraction of sp³-hybridized carbons (Fsp3) is 0.342. The Morgan fingerprint density at radius 2 is 1.79 bits per heavy atom. The van der Waals surface area contributed by atoms with E-state index in [1.54, 1.807) is 33.5 Å². The Kier molecular flexibility index (Phi) is 11.9. The summed E-state index contributed by atoms with van der Waals surface area (Å²) in [4.78, 5) is 36.4. The van der Waals surface area contributed by atoms with Gasteiger partial charge < -0.3 is 24.1 Å². The van der Waals surface area contributed by atoms with Crippen molar-refractivity contribution in [2.45, 2.75) is 52.7 Å². The molecule has 1 atom stereocenters. The van der Waals surface area contributed by atoms with Crippen LogP contribution in [0.25, 0.3) is 22.0 Å². The molecule has 4 rings (SSSR count). The van der Waals surface area contributed by atoms with Crippen molar-refractivity contribution in [2.24, 2.45) is 0 Å². The molecule has 0 radical (unpaired) electrons. The maximum absolute atomic E-state index is 13.1. The molecule has 9 nitrogen and oxygen atoms in total. The molecule has 2 amide bonds. The molecule has 0 bridgehead atoms. The number of ether oxygens (including phenoxy) is 3. The van der Waals surface area contributed by atoms with Crippen molar-refractivity contribution in [2.75, 3.05) is 34.4 Å². The van der Waals surface area contributed by atoms with Gasteiger partial charge in [0.1, 0.15) is 18.0 Å². The number of halogens is 1. The van der Waals surface area contributed by atoms with E-state index in [4.69, 9.17) is 25.8 Å². The normalized spacial score (nSPS) is 12.9. The number of benzene rings is 2. The summed E-state index contributed by atoms with van der Waals surface area (Å²) >= 11 is 7.02. The first-order valence-corrected chi connectivity index (χ1v) is 16.3. The highest BCUT2D eigenvalue weighted by Gasteiger charge is 2.25. The lowest BCUT2D eigenvalue weighted by Gasteiger charge is -2.30. The highest BCUT2D eigenvalue weighted by atomic mass is 35.5. The quantitative estimate of drug-likeness (QED) is 0.152. The van der Waals surface area contributed by atoms with E-state index in [9.17, 15) is 9.59 Å². The van der Waals surface area contributed by atoms with Gasteiger partial charge in [0.05, 0.1) is 30.4 Å². The number of amides is 2. The van der Waals surface area contributed by atoms with Crippen LogP contribution in [0.5, 0.6) is 11.6 Å². The Morgan fingerprint density at radius 1 is 1.04 bits per heavy atom. The summed E-state index contributed by atoms with van der Waals surface area (Å²) in [5, 5.41) is 1.57. The summed E-state index contributed by atoms with van der Waals surface area (Å²) in [5.74, 6) is 0.985. The molecule has 4 aromatic rings. The number of methoxy groups -OCH3 is 1. The number of nitrogens with one attached hydrogen (secondary N) is 1. The van der Waals surface area contributed by atoms with Crippen molar-refractivity contribution < 1.29 is 23.8 Å². The minimum Gasteiger partial charge on any atom is -0.497 e. The number of rotatable bonds is 12. The molecule has 10 heteroatoms. The van der Waals surface area contributed by atoms with Crippen molar-refractivity contribution in [3.63, 3.8) is 0 Å². The third-order valence-electron chi connectivity index (χ3n) is 7.65. The number of hydrogen-bond acceptors (Lipinski definition) is 6. The predicted molar refractivity (Wildman–Crippen MR) is 192 cm³/mol. The minimum atomic E-state index is -0.683. The van der Waals surface area contributed by atoms with Crippen LogP contribution in [0.2, 0.25) is 5.02 Å². The predicted octanol–water partition coefficient (Wildman–Crippen LogP) is 8.24. The number of para-hydroxylation sites is 1. The first-order valence-electron chi connectivity index (χ1n) is 15.9. The van der Waals surface area contributed by atoms with Gasteiger partial charge in [0.2, 0.25) is 11.8 Å². The number of pyridine rings is 1. The molecule has 0 aliphatic carbocycles. The van der Waals surface area contributed by atoms with Crippen LogP contribution >= 0.6 is 11.6 Å². The maximum Gasteiger partial charge on any atom is 0.410 e. The molecule has 0 saturated heterocycles. The lowest BCUT2D eigenvalue weighted by Crippen LogP contribution is -2.43. The van der Waals surface area contributed by atoms with Crippen molar-refractivity contribution in [3.8, 4) is 11.6 Å². The standard InChI is InChI=1S/C38H45ClN4O5/c1-9-29(26-13-12-14-28(23-26)46-8)34(36-35(39)30-15-10-11-16-31(30)41-36)27-18-19-32(40-24-27)47-22-21-43(37(45)48-38(3,4)5)25(2)17-20-33(44)42(6)7/h10-20,23-25,41H,9,21-22H2,1-8H3/b20-17+,34-29+. The molecule has 2 aromatic heterocycles. The average Bonchev–Trinajstić information content (AvgIpc) is 3.39. The van der Waals surface area contributed by atoms with Crippen LogP contribution in [-0.4, -0.2) is 77.8 Å². The van der Waals surface area contributed by atoms with Crippen LogP contribution < -0.4 is 9.47 Å². The number of carbonyl (C=O) groups is 2. The highest BCUT2D eigenvalue weighted by Crippen LogP contribution is 2.40. The Labute approximate surface area is 288 Å². The number of hydrogen-bond donors (Lipinski definition) is 1. The van der Waals surface area contributed by atoms with E-state index >= 15 is 0 Å². The average molecular weight is 673 g/mol. The fourth-order valence-corrected chi connectivity index (χ4v) is 5.51. The van der Waals surface area contributed by atoms with Crippen molar-refractivity contribution in [3.05, 3.63) is 101 Å². The van der Waals surface area contributed by atoms with E-state index in [0.29, 0.717) is 10.9 Å². The number of likely N-dealkylation sites (N-methyl/N-ethyl adjacent to an activating group) is 1. The van der Waals surface area contributed by atoms with Crippen LogP contribution in [0, 0.1) is 0 Å². The third kappa shape index (κ3) is 8.98. The third-order valence-corrected chi connectivity index (χ3v) is 8.04. The SMILES string of the molecule is CC/C(=C(/c1ccc(OCCN(C(=O)OC(C)(C)C)C(C)/C=C/C(=O)N(C)C)nc1)c1[nH]c2ccccc2c1Cl)c1cccc(OC)c1. The Hall–Kier alpha value is -4.76. The lowest BCUT2D eigenvalue weighted by atomic mass is 9.91. The van der Waals surface area contributed by atoms with Crippen LogP contribution in [0.15, 0.2) is 79.0 Å². The zero-order valence-electron chi connectivity index (χ0n) is 29.0. The summed E-state index contributed by atoms with van der Waals surface area (Å²) < 4.78 is 17.2. The van der Waals surface area contributed by atoms with E-state index < -0.39 is 17.7 Å². The second-order valence-corrected chi connectivity index (χ2v) is 12.9. The van der Waals surface area contributed by atoms with Crippen LogP contribution in [0.1, 0.15) is 57.9 Å². The van der Waals surface area contributed by atoms with E-state index in [2.05, 4.69) is 23.0 Å². The molecule has 2 aromatic carbocycles. The molecular formula is C38H45ClN4O5. The summed E-state index contributed by atoms with van der Waals surface area (Å²) in [6.45, 7) is 9.74. The molecule has 0 fully saturated rings. The monoisotopic (exact) mass is 672 g/mol. The van der Waals surface area contributed by atoms with Crippen molar-refractivity contribution in [1.82, 2.24) is 19.8 Å². The lowest BCUT2D eigenvalue weighted by molar-refractivity contribution is -0.123. The van der Waals surface area contributed by atoms with E-state index in [1.807, 2.05) is 82.3 Å². The number of nitrogens with zero attached hydrogens (tertiary/aromatic N) is 3. The molecule has 2 heterocycles. The molecular weight excluding hydrogens is 628 g/mol. The first kappa shape index (κ1) is 36.1. The highest BCUT2D eigenvalue weighted by molar-refractivity contribution is 6.38. The van der Waals surface area contributed by atoms with Crippen molar-refractivity contribution >= 4 is 45.7 Å². The summed E-state index contributed by atoms with van der Waals surface area (Å²) in [6.07, 6.45) is 5.12. The summed E-state index contributed by atoms with van der Waals surface area (Å²) in [6, 6.07) is 19.3. The van der Waals surface area contributed by atoms with Gasteiger partial charge in [0, 0.05) is 54.5 Å². The Bertz CT molecular complexity index is 1790. The Balaban J connectivity index is 1.63. The number of fused-ring (bicyclic) bond motifs is 1. The number of aromatic amines is 1. The minimum absolute atomic E-state index is 0.159. The van der Waals surface area contributed by atoms with E-state index in [0.717, 1.165) is 51.0 Å². The largest absolute Gasteiger partial charge is 0.497 e. The van der Waals surface area contributed by atoms with Gasteiger partial charge in [-0.05, 0) is 69.5 Å². The van der Waals surface area contributed by atoms with Gasteiger partial charge in [-0.2, -0.15) is 0 Å². The number of H-pyrrole nitrogens is 1. The fourth-order valence-electron chi connectivity index (χ4n) is 5.20. The van der Waals surface area contributed by atoms with Crippen molar-refractivity contribution in [1.29, 1.82) is 0 Å². The van der Waals surface area contributed by atoms with E-state index in [-0.39, 0.29) is 19.1 Å². The molecule has 0 aliphatic rings. The molecule has 254 valence electrons. The Morgan fingerprint density at radius 3 is 2.42 bits per heavy atom. The van der Waals surface area contributed by atoms with E-state index in [1.165, 1.54) is 15.9 Å². The molecule has 1 N–H and O–H groups in total. The second kappa shape index (κ2) is 15.9. The number of carbonyl (C=O) groups excluding carboxylic acids is 2. The van der Waals surface area contributed by atoms with Crippen LogP contribution in [0.4, 0.5) is 4.79 Å². The van der Waals surface area contributed by atoms with Gasteiger partial charge in [-0.3, -0.25) is 9.69 Å². The molecule has 0 aliphatic heterocycles. The first-order chi connectivity index (χ1) is 22.8. The van der Waals surface area contributed by atoms with Gasteiger partial charge >= 0.3 is 6.09 Å². The zero-order chi connectivity index (χ0) is 35.0. The van der Waals surface area contributed by atoms with Gasteiger partial charge in [-0.1, -0.05) is 54.9 Å². The van der Waals surface area contributed by atoms with Gasteiger partial charge in [0.25, 0.3) is 0 Å².